The number of hydrogen-bond donors (Lipinski definition) is 0. The van der Waals surface area contributed by atoms with E-state index in [-0.39, 0.29) is 5.78 Å². The molecule has 0 saturated heterocycles. The number of benzene rings is 2. The Morgan fingerprint density at radius 1 is 1.07 bits per heavy atom. The summed E-state index contributed by atoms with van der Waals surface area (Å²) in [6.45, 7) is 11.9. The topological polar surface area (TPSA) is 38.8 Å². The molecule has 146 valence electrons. The molecule has 4 nitrogen and oxygen atoms in total. The molecule has 0 atom stereocenters. The summed E-state index contributed by atoms with van der Waals surface area (Å²) in [6, 6.07) is 10.6. The van der Waals surface area contributed by atoms with Gasteiger partial charge in [-0.25, -0.2) is 0 Å². The van der Waals surface area contributed by atoms with Crippen molar-refractivity contribution in [2.75, 3.05) is 6.73 Å². The fraction of sp³-hybridized carbons (Fsp3) is 0.375. The van der Waals surface area contributed by atoms with Gasteiger partial charge in [-0.1, -0.05) is 38.1 Å². The Bertz CT molecular complexity index is 955. The van der Waals surface area contributed by atoms with Crippen LogP contribution in [0.5, 0.6) is 11.5 Å². The molecule has 4 rings (SSSR count). The Balaban J connectivity index is 1.66. The molecule has 2 heterocycles. The van der Waals surface area contributed by atoms with E-state index in [0.717, 1.165) is 29.0 Å². The van der Waals surface area contributed by atoms with Crippen LogP contribution < -0.4 is 9.47 Å². The second-order valence-electron chi connectivity index (χ2n) is 8.24. The maximum atomic E-state index is 13.0. The summed E-state index contributed by atoms with van der Waals surface area (Å²) in [5.41, 5.74) is 4.83. The van der Waals surface area contributed by atoms with Crippen molar-refractivity contribution in [2.24, 2.45) is 0 Å². The molecule has 0 aromatic heterocycles. The second kappa shape index (κ2) is 7.10. The highest BCUT2D eigenvalue weighted by molar-refractivity contribution is 6.15. The number of Topliss-reactive ketones (excluding diaryl/α,β-unsaturated/α-hetero) is 1. The third-order valence-corrected chi connectivity index (χ3v) is 5.60. The summed E-state index contributed by atoms with van der Waals surface area (Å²) in [6.07, 6.45) is 1.83. The van der Waals surface area contributed by atoms with Crippen molar-refractivity contribution in [3.8, 4) is 11.5 Å². The monoisotopic (exact) mass is 377 g/mol. The minimum atomic E-state index is -0.0597. The Kier molecular flexibility index (Phi) is 4.76. The number of rotatable bonds is 3. The van der Waals surface area contributed by atoms with Crippen LogP contribution in [-0.4, -0.2) is 23.5 Å². The lowest BCUT2D eigenvalue weighted by Gasteiger charge is -2.32. The fourth-order valence-corrected chi connectivity index (χ4v) is 3.73. The van der Waals surface area contributed by atoms with Crippen LogP contribution in [0.1, 0.15) is 66.2 Å². The van der Waals surface area contributed by atoms with E-state index in [1.54, 1.807) is 0 Å². The summed E-state index contributed by atoms with van der Waals surface area (Å²) < 4.78 is 12.0. The molecule has 4 heteroatoms. The molecule has 0 amide bonds. The first-order chi connectivity index (χ1) is 13.3. The molecule has 0 bridgehead atoms. The average molecular weight is 377 g/mol. The summed E-state index contributed by atoms with van der Waals surface area (Å²) in [4.78, 5) is 15.2. The van der Waals surface area contributed by atoms with Gasteiger partial charge in [0.25, 0.3) is 0 Å². The molecule has 0 fully saturated rings. The van der Waals surface area contributed by atoms with Gasteiger partial charge in [0.15, 0.2) is 5.76 Å². The largest absolute Gasteiger partial charge is 0.477 e. The van der Waals surface area contributed by atoms with E-state index in [0.29, 0.717) is 35.8 Å². The van der Waals surface area contributed by atoms with Crippen molar-refractivity contribution in [2.45, 2.75) is 53.1 Å². The molecule has 0 saturated carbocycles. The van der Waals surface area contributed by atoms with E-state index in [2.05, 4.69) is 44.7 Å². The van der Waals surface area contributed by atoms with Gasteiger partial charge < -0.3 is 9.47 Å². The lowest BCUT2D eigenvalue weighted by Crippen LogP contribution is -2.37. The summed E-state index contributed by atoms with van der Waals surface area (Å²) in [7, 11) is 0. The smallest absolute Gasteiger partial charge is 0.231 e. The average Bonchev–Trinajstić information content (AvgIpc) is 2.98. The van der Waals surface area contributed by atoms with E-state index in [1.807, 2.05) is 31.2 Å². The minimum Gasteiger partial charge on any atom is -0.477 e. The number of fused-ring (bicyclic) bond motifs is 2. The van der Waals surface area contributed by atoms with Crippen LogP contribution in [0, 0.1) is 6.92 Å². The highest BCUT2D eigenvalue weighted by Gasteiger charge is 2.33. The van der Waals surface area contributed by atoms with Crippen molar-refractivity contribution in [3.05, 3.63) is 63.9 Å². The van der Waals surface area contributed by atoms with E-state index in [9.17, 15) is 4.79 Å². The third kappa shape index (κ3) is 3.22. The first-order valence-corrected chi connectivity index (χ1v) is 9.92. The number of carbonyl (C=O) groups is 1. The molecule has 2 aromatic carbocycles. The highest BCUT2D eigenvalue weighted by Crippen LogP contribution is 2.43. The molecule has 0 aliphatic carbocycles. The molecular weight excluding hydrogens is 350 g/mol. The first kappa shape index (κ1) is 18.8. The van der Waals surface area contributed by atoms with Crippen molar-refractivity contribution in [1.29, 1.82) is 0 Å². The molecule has 28 heavy (non-hydrogen) atoms. The van der Waals surface area contributed by atoms with Gasteiger partial charge in [0.05, 0.1) is 5.56 Å². The van der Waals surface area contributed by atoms with Gasteiger partial charge in [-0.05, 0) is 50.0 Å². The maximum Gasteiger partial charge on any atom is 0.231 e. The van der Waals surface area contributed by atoms with Crippen molar-refractivity contribution < 1.29 is 14.3 Å². The standard InChI is InChI=1S/C24H27NO3/c1-14(2)18-8-6-17(7-9-18)10-21-22(26)20-11-19-12-25(15(3)4)13-27-23(19)16(5)24(20)28-21/h6-11,14-15H,12-13H2,1-5H3/b21-10-. The van der Waals surface area contributed by atoms with Gasteiger partial charge in [-0.15, -0.1) is 0 Å². The predicted molar refractivity (Wildman–Crippen MR) is 111 cm³/mol. The third-order valence-electron chi connectivity index (χ3n) is 5.60. The van der Waals surface area contributed by atoms with Crippen LogP contribution in [0.2, 0.25) is 0 Å². The number of allylic oxidation sites excluding steroid dienone is 1. The van der Waals surface area contributed by atoms with Crippen LogP contribution in [0.15, 0.2) is 36.1 Å². The Labute approximate surface area is 166 Å². The molecule has 0 spiro atoms. The van der Waals surface area contributed by atoms with E-state index >= 15 is 0 Å². The molecule has 0 N–H and O–H groups in total. The van der Waals surface area contributed by atoms with Gasteiger partial charge in [-0.2, -0.15) is 0 Å². The number of nitrogens with zero attached hydrogens (tertiary/aromatic N) is 1. The quantitative estimate of drug-likeness (QED) is 0.681. The SMILES string of the molecule is Cc1c2c(cc3c1O/C(=C\c1ccc(C(C)C)cc1)C3=O)CN(C(C)C)CO2. The summed E-state index contributed by atoms with van der Waals surface area (Å²) in [5, 5.41) is 0. The predicted octanol–water partition coefficient (Wildman–Crippen LogP) is 5.29. The minimum absolute atomic E-state index is 0.0597. The van der Waals surface area contributed by atoms with Gasteiger partial charge >= 0.3 is 0 Å². The van der Waals surface area contributed by atoms with Crippen LogP contribution in [0.4, 0.5) is 0 Å². The van der Waals surface area contributed by atoms with Gasteiger partial charge in [0.1, 0.15) is 18.2 Å². The van der Waals surface area contributed by atoms with Crippen LogP contribution in [-0.2, 0) is 6.54 Å². The molecular formula is C24H27NO3. The van der Waals surface area contributed by atoms with Crippen molar-refractivity contribution in [3.63, 3.8) is 0 Å². The summed E-state index contributed by atoms with van der Waals surface area (Å²) in [5.74, 6) is 2.28. The summed E-state index contributed by atoms with van der Waals surface area (Å²) >= 11 is 0. The zero-order valence-electron chi connectivity index (χ0n) is 17.2. The number of ketones is 1. The van der Waals surface area contributed by atoms with Crippen LogP contribution in [0.25, 0.3) is 6.08 Å². The molecule has 2 aromatic rings. The molecule has 0 unspecified atom stereocenters. The zero-order chi connectivity index (χ0) is 20.0. The van der Waals surface area contributed by atoms with Crippen LogP contribution >= 0.6 is 0 Å². The Morgan fingerprint density at radius 2 is 1.79 bits per heavy atom. The van der Waals surface area contributed by atoms with Gasteiger partial charge in [-0.3, -0.25) is 9.69 Å². The normalized spacial score (nSPS) is 17.7. The van der Waals surface area contributed by atoms with E-state index < -0.39 is 0 Å². The number of ether oxygens (including phenoxy) is 2. The molecule has 2 aliphatic heterocycles. The van der Waals surface area contributed by atoms with E-state index in [1.165, 1.54) is 5.56 Å². The van der Waals surface area contributed by atoms with Gasteiger partial charge in [0, 0.05) is 23.7 Å². The number of carbonyl (C=O) groups excluding carboxylic acids is 1. The first-order valence-electron chi connectivity index (χ1n) is 9.92. The Morgan fingerprint density at radius 3 is 2.43 bits per heavy atom. The lowest BCUT2D eigenvalue weighted by atomic mass is 9.99. The van der Waals surface area contributed by atoms with Crippen molar-refractivity contribution in [1.82, 2.24) is 4.90 Å². The Hall–Kier alpha value is -2.59. The van der Waals surface area contributed by atoms with Crippen molar-refractivity contribution >= 4 is 11.9 Å². The van der Waals surface area contributed by atoms with E-state index in [4.69, 9.17) is 9.47 Å². The number of hydrogen-bond acceptors (Lipinski definition) is 4. The highest BCUT2D eigenvalue weighted by atomic mass is 16.5. The zero-order valence-corrected chi connectivity index (χ0v) is 17.2. The maximum absolute atomic E-state index is 13.0. The molecule has 0 radical (unpaired) electrons. The van der Waals surface area contributed by atoms with Crippen LogP contribution in [0.3, 0.4) is 0 Å². The molecule has 2 aliphatic rings. The fourth-order valence-electron chi connectivity index (χ4n) is 3.73. The lowest BCUT2D eigenvalue weighted by molar-refractivity contribution is 0.0678. The van der Waals surface area contributed by atoms with Gasteiger partial charge in [0.2, 0.25) is 5.78 Å². The second-order valence-corrected chi connectivity index (χ2v) is 8.24.